The van der Waals surface area contributed by atoms with Crippen LogP contribution in [0.25, 0.3) is 0 Å². The topological polar surface area (TPSA) is 54.0 Å². The van der Waals surface area contributed by atoms with Crippen molar-refractivity contribution in [2.45, 2.75) is 83.0 Å². The lowest BCUT2D eigenvalue weighted by atomic mass is 9.85. The van der Waals surface area contributed by atoms with Crippen molar-refractivity contribution >= 4 is 24.7 Å². The van der Waals surface area contributed by atoms with Crippen molar-refractivity contribution in [3.05, 3.63) is 72.8 Å². The number of fused-ring (bicyclic) bond motifs is 1. The van der Waals surface area contributed by atoms with Gasteiger partial charge in [-0.1, -0.05) is 93.6 Å². The summed E-state index contributed by atoms with van der Waals surface area (Å²) in [5, 5.41) is 2.19. The Balaban J connectivity index is 1.47. The Bertz CT molecular complexity index is 1070. The molecule has 3 saturated heterocycles. The molecule has 5 atom stereocenters. The third-order valence-corrected chi connectivity index (χ3v) is 13.1. The molecule has 3 aliphatic rings. The Hall–Kier alpha value is -2.25. The lowest BCUT2D eigenvalue weighted by molar-refractivity contribution is -0.225. The zero-order chi connectivity index (χ0) is 25.6. The normalized spacial score (nSPS) is 32.4. The summed E-state index contributed by atoms with van der Waals surface area (Å²) in [5.74, 6) is -0.924. The van der Waals surface area contributed by atoms with E-state index in [-0.39, 0.29) is 29.8 Å². The van der Waals surface area contributed by atoms with E-state index in [9.17, 15) is 4.79 Å². The van der Waals surface area contributed by atoms with Crippen molar-refractivity contribution < 1.29 is 23.4 Å². The van der Waals surface area contributed by atoms with Gasteiger partial charge in [0.15, 0.2) is 5.79 Å². The Labute approximate surface area is 215 Å². The minimum absolute atomic E-state index is 0.0455. The van der Waals surface area contributed by atoms with E-state index in [2.05, 4.69) is 75.4 Å². The van der Waals surface area contributed by atoms with Crippen molar-refractivity contribution in [1.82, 2.24) is 0 Å². The number of carbonyl (C=O) groups is 1. The molecule has 2 aromatic rings. The first-order valence-electron chi connectivity index (χ1n) is 13.1. The number of benzene rings is 2. The highest BCUT2D eigenvalue weighted by Gasteiger charge is 2.66. The van der Waals surface area contributed by atoms with Gasteiger partial charge in [0.25, 0.3) is 8.32 Å². The van der Waals surface area contributed by atoms with Crippen LogP contribution in [-0.2, 0) is 23.4 Å². The van der Waals surface area contributed by atoms with Crippen LogP contribution in [0, 0.1) is 5.41 Å². The fraction of sp³-hybridized carbons (Fsp3) is 0.500. The van der Waals surface area contributed by atoms with Crippen molar-refractivity contribution in [3.8, 4) is 0 Å². The molecule has 1 unspecified atom stereocenters. The third kappa shape index (κ3) is 4.08. The first kappa shape index (κ1) is 25.4. The second kappa shape index (κ2) is 9.25. The van der Waals surface area contributed by atoms with E-state index in [1.54, 1.807) is 0 Å². The molecule has 2 aromatic carbocycles. The molecule has 36 heavy (non-hydrogen) atoms. The van der Waals surface area contributed by atoms with Crippen LogP contribution in [0.3, 0.4) is 0 Å². The van der Waals surface area contributed by atoms with Gasteiger partial charge in [-0.15, -0.1) is 0 Å². The number of esters is 1. The van der Waals surface area contributed by atoms with Gasteiger partial charge in [-0.05, 0) is 35.7 Å². The molecule has 0 aliphatic carbocycles. The van der Waals surface area contributed by atoms with Crippen molar-refractivity contribution in [3.63, 3.8) is 0 Å². The van der Waals surface area contributed by atoms with Gasteiger partial charge in [0.2, 0.25) is 0 Å². The molecule has 5 nitrogen and oxygen atoms in total. The highest BCUT2D eigenvalue weighted by Crippen LogP contribution is 2.52. The molecule has 6 heteroatoms. The maximum Gasteiger partial charge on any atom is 0.317 e. The van der Waals surface area contributed by atoms with E-state index in [0.29, 0.717) is 6.42 Å². The van der Waals surface area contributed by atoms with E-state index >= 15 is 0 Å². The number of carbonyl (C=O) groups excluding carboxylic acids is 1. The predicted molar refractivity (Wildman–Crippen MR) is 143 cm³/mol. The fourth-order valence-corrected chi connectivity index (χ4v) is 11.0. The van der Waals surface area contributed by atoms with Gasteiger partial charge in [-0.3, -0.25) is 4.79 Å². The second-order valence-corrected chi connectivity index (χ2v) is 16.0. The van der Waals surface area contributed by atoms with Crippen LogP contribution in [0.2, 0.25) is 5.04 Å². The minimum Gasteiger partial charge on any atom is -0.459 e. The number of hydrogen-bond acceptors (Lipinski definition) is 5. The lowest BCUT2D eigenvalue weighted by Gasteiger charge is -2.44. The van der Waals surface area contributed by atoms with Crippen LogP contribution in [0.4, 0.5) is 0 Å². The monoisotopic (exact) mass is 506 g/mol. The largest absolute Gasteiger partial charge is 0.459 e. The van der Waals surface area contributed by atoms with Crippen LogP contribution in [0.15, 0.2) is 72.8 Å². The quantitative estimate of drug-likeness (QED) is 0.322. The first-order valence-corrected chi connectivity index (χ1v) is 15.0. The van der Waals surface area contributed by atoms with Crippen molar-refractivity contribution in [2.75, 3.05) is 6.61 Å². The molecule has 1 spiro atoms. The van der Waals surface area contributed by atoms with E-state index < -0.39 is 25.6 Å². The van der Waals surface area contributed by atoms with Crippen LogP contribution < -0.4 is 10.4 Å². The standard InChI is InChI=1S/C30H38O5Si/c1-6-13-22-18-19-30(34-22)20-25-26(35-30)29(5,27(31)33-25)21-32-36(28(2,3)4,23-14-9-7-10-15-23)24-16-11-8-12-17-24/h6-17,22,25-26H,18-21H2,1-5H3/b13-6+/t22-,25?,26+,29+,30+/m1/s1. The zero-order valence-corrected chi connectivity index (χ0v) is 23.0. The summed E-state index contributed by atoms with van der Waals surface area (Å²) >= 11 is 0. The Morgan fingerprint density at radius 2 is 1.64 bits per heavy atom. The Morgan fingerprint density at radius 3 is 2.19 bits per heavy atom. The molecule has 0 aromatic heterocycles. The molecule has 3 heterocycles. The van der Waals surface area contributed by atoms with Gasteiger partial charge in [-0.25, -0.2) is 0 Å². The molecule has 0 bridgehead atoms. The molecule has 0 N–H and O–H groups in total. The highest BCUT2D eigenvalue weighted by atomic mass is 28.4. The summed E-state index contributed by atoms with van der Waals surface area (Å²) in [6.45, 7) is 10.9. The van der Waals surface area contributed by atoms with Crippen LogP contribution in [0.5, 0.6) is 0 Å². The molecule has 5 rings (SSSR count). The molecular formula is C30H38O5Si. The first-order chi connectivity index (χ1) is 17.1. The molecule has 192 valence electrons. The van der Waals surface area contributed by atoms with Gasteiger partial charge in [0, 0.05) is 12.8 Å². The van der Waals surface area contributed by atoms with Crippen molar-refractivity contribution in [2.24, 2.45) is 5.41 Å². The summed E-state index contributed by atoms with van der Waals surface area (Å²) in [7, 11) is -2.80. The van der Waals surface area contributed by atoms with Crippen LogP contribution in [0.1, 0.15) is 53.9 Å². The van der Waals surface area contributed by atoms with Crippen molar-refractivity contribution in [1.29, 1.82) is 0 Å². The smallest absolute Gasteiger partial charge is 0.317 e. The number of rotatable bonds is 6. The number of allylic oxidation sites excluding steroid dienone is 1. The maximum absolute atomic E-state index is 13.3. The Morgan fingerprint density at radius 1 is 1.03 bits per heavy atom. The summed E-state index contributed by atoms with van der Waals surface area (Å²) in [6.07, 6.45) is 5.72. The van der Waals surface area contributed by atoms with E-state index in [4.69, 9.17) is 18.6 Å². The number of ether oxygens (including phenoxy) is 3. The third-order valence-electron chi connectivity index (χ3n) is 8.13. The zero-order valence-electron chi connectivity index (χ0n) is 22.0. The maximum atomic E-state index is 13.3. The molecular weight excluding hydrogens is 468 g/mol. The minimum atomic E-state index is -2.80. The second-order valence-electron chi connectivity index (χ2n) is 11.7. The van der Waals surface area contributed by atoms with Crippen LogP contribution >= 0.6 is 0 Å². The van der Waals surface area contributed by atoms with Gasteiger partial charge >= 0.3 is 5.97 Å². The van der Waals surface area contributed by atoms with Gasteiger partial charge < -0.3 is 18.6 Å². The summed E-state index contributed by atoms with van der Waals surface area (Å²) in [4.78, 5) is 13.3. The number of hydrogen-bond donors (Lipinski definition) is 0. The van der Waals surface area contributed by atoms with Gasteiger partial charge in [-0.2, -0.15) is 0 Å². The fourth-order valence-electron chi connectivity index (χ4n) is 6.30. The van der Waals surface area contributed by atoms with Gasteiger partial charge in [0.05, 0.1) is 12.7 Å². The van der Waals surface area contributed by atoms with Gasteiger partial charge in [0.1, 0.15) is 17.6 Å². The molecule has 0 amide bonds. The average Bonchev–Trinajstić information content (AvgIpc) is 3.48. The summed E-state index contributed by atoms with van der Waals surface area (Å²) in [6, 6.07) is 21.0. The average molecular weight is 507 g/mol. The summed E-state index contributed by atoms with van der Waals surface area (Å²) in [5.41, 5.74) is -0.913. The molecule has 3 aliphatic heterocycles. The molecule has 0 saturated carbocycles. The van der Waals surface area contributed by atoms with E-state index in [1.165, 1.54) is 10.4 Å². The SMILES string of the molecule is C/C=C/[C@@H]1CC[C@]2(CC3OC(=O)[C@@](C)(CO[Si](c4ccccc4)(c4ccccc4)C(C)(C)C)[C@H]3O2)O1. The Kier molecular flexibility index (Phi) is 6.52. The van der Waals surface area contributed by atoms with E-state index in [0.717, 1.165) is 12.8 Å². The van der Waals surface area contributed by atoms with E-state index in [1.807, 2.05) is 32.1 Å². The van der Waals surface area contributed by atoms with Crippen LogP contribution in [-0.4, -0.2) is 45.0 Å². The molecule has 0 radical (unpaired) electrons. The lowest BCUT2D eigenvalue weighted by Crippen LogP contribution is -2.67. The highest BCUT2D eigenvalue weighted by molar-refractivity contribution is 6.99. The molecule has 3 fully saturated rings. The summed E-state index contributed by atoms with van der Waals surface area (Å²) < 4.78 is 26.0. The predicted octanol–water partition coefficient (Wildman–Crippen LogP) is 4.74.